The van der Waals surface area contributed by atoms with Gasteiger partial charge in [-0.15, -0.1) is 0 Å². The van der Waals surface area contributed by atoms with Crippen molar-refractivity contribution in [2.24, 2.45) is 5.84 Å². The highest BCUT2D eigenvalue weighted by Crippen LogP contribution is 2.28. The largest absolute Gasteiger partial charge is 0.313 e. The molecule has 0 bridgehead atoms. The Morgan fingerprint density at radius 1 is 1.10 bits per heavy atom. The highest BCUT2D eigenvalue weighted by molar-refractivity contribution is 9.10. The van der Waals surface area contributed by atoms with Gasteiger partial charge in [-0.25, -0.2) is 5.84 Å². The maximum Gasteiger partial charge on any atom is 0.0597 e. The van der Waals surface area contributed by atoms with Crippen LogP contribution in [0.1, 0.15) is 22.3 Å². The number of anilines is 1. The predicted molar refractivity (Wildman–Crippen MR) is 91.6 cm³/mol. The van der Waals surface area contributed by atoms with Gasteiger partial charge in [0.1, 0.15) is 0 Å². The van der Waals surface area contributed by atoms with E-state index in [1.54, 1.807) is 5.01 Å². The molecule has 0 heterocycles. The van der Waals surface area contributed by atoms with Crippen molar-refractivity contribution in [3.05, 3.63) is 63.1 Å². The van der Waals surface area contributed by atoms with E-state index in [4.69, 9.17) is 5.84 Å². The second-order valence-electron chi connectivity index (χ2n) is 4.98. The molecule has 0 aliphatic carbocycles. The van der Waals surface area contributed by atoms with Crippen LogP contribution in [-0.2, 0) is 0 Å². The minimum absolute atomic E-state index is 0.987. The van der Waals surface area contributed by atoms with Gasteiger partial charge in [0.05, 0.1) is 5.69 Å². The summed E-state index contributed by atoms with van der Waals surface area (Å²) in [4.78, 5) is 0. The highest BCUT2D eigenvalue weighted by Gasteiger charge is 2.06. The SMILES string of the molecule is Cc1ccc(C)c(/C=C/c2c(Br)cccc2N(C)N)c1. The highest BCUT2D eigenvalue weighted by atomic mass is 79.9. The lowest BCUT2D eigenvalue weighted by molar-refractivity contribution is 1.01. The fourth-order valence-electron chi connectivity index (χ4n) is 2.11. The number of hydrazine groups is 1. The second-order valence-corrected chi connectivity index (χ2v) is 5.83. The number of hydrogen-bond acceptors (Lipinski definition) is 2. The zero-order valence-corrected chi connectivity index (χ0v) is 13.6. The lowest BCUT2D eigenvalue weighted by Gasteiger charge is -2.16. The van der Waals surface area contributed by atoms with Gasteiger partial charge in [0.2, 0.25) is 0 Å². The minimum atomic E-state index is 0.987. The summed E-state index contributed by atoms with van der Waals surface area (Å²) in [5.41, 5.74) is 5.82. The number of halogens is 1. The van der Waals surface area contributed by atoms with Crippen molar-refractivity contribution in [1.29, 1.82) is 0 Å². The van der Waals surface area contributed by atoms with Gasteiger partial charge < -0.3 is 5.01 Å². The van der Waals surface area contributed by atoms with Crippen LogP contribution in [0.4, 0.5) is 5.69 Å². The molecule has 0 atom stereocenters. The zero-order chi connectivity index (χ0) is 14.7. The molecule has 0 aliphatic rings. The Morgan fingerprint density at radius 2 is 1.85 bits per heavy atom. The van der Waals surface area contributed by atoms with Gasteiger partial charge in [0.25, 0.3) is 0 Å². The first kappa shape index (κ1) is 14.8. The summed E-state index contributed by atoms with van der Waals surface area (Å²) < 4.78 is 1.04. The van der Waals surface area contributed by atoms with Crippen molar-refractivity contribution in [3.8, 4) is 0 Å². The number of nitrogens with zero attached hydrogens (tertiary/aromatic N) is 1. The number of aryl methyl sites for hydroxylation is 2. The van der Waals surface area contributed by atoms with Crippen molar-refractivity contribution in [3.63, 3.8) is 0 Å². The summed E-state index contributed by atoms with van der Waals surface area (Å²) >= 11 is 3.59. The zero-order valence-electron chi connectivity index (χ0n) is 12.0. The van der Waals surface area contributed by atoms with E-state index in [0.717, 1.165) is 15.7 Å². The molecule has 0 saturated heterocycles. The average molecular weight is 331 g/mol. The van der Waals surface area contributed by atoms with Crippen LogP contribution in [0.2, 0.25) is 0 Å². The molecule has 2 N–H and O–H groups in total. The van der Waals surface area contributed by atoms with Gasteiger partial charge in [0.15, 0.2) is 0 Å². The first-order valence-electron chi connectivity index (χ1n) is 6.51. The van der Waals surface area contributed by atoms with Crippen molar-refractivity contribution in [1.82, 2.24) is 0 Å². The fraction of sp³-hybridized carbons (Fsp3) is 0.176. The van der Waals surface area contributed by atoms with Gasteiger partial charge in [0, 0.05) is 17.1 Å². The summed E-state index contributed by atoms with van der Waals surface area (Å²) in [6, 6.07) is 12.5. The molecular weight excluding hydrogens is 312 g/mol. The average Bonchev–Trinajstić information content (AvgIpc) is 2.40. The molecule has 3 heteroatoms. The molecule has 2 nitrogen and oxygen atoms in total. The monoisotopic (exact) mass is 330 g/mol. The second kappa shape index (κ2) is 6.25. The normalized spacial score (nSPS) is 11.1. The molecule has 0 spiro atoms. The van der Waals surface area contributed by atoms with Crippen molar-refractivity contribution >= 4 is 33.8 Å². The summed E-state index contributed by atoms with van der Waals surface area (Å²) in [7, 11) is 1.84. The van der Waals surface area contributed by atoms with Crippen molar-refractivity contribution in [2.75, 3.05) is 12.1 Å². The Labute approximate surface area is 129 Å². The van der Waals surface area contributed by atoms with Crippen LogP contribution in [0.3, 0.4) is 0 Å². The Balaban J connectivity index is 2.44. The predicted octanol–water partition coefficient (Wildman–Crippen LogP) is 4.55. The van der Waals surface area contributed by atoms with Crippen LogP contribution in [0.5, 0.6) is 0 Å². The van der Waals surface area contributed by atoms with E-state index in [1.807, 2.05) is 25.2 Å². The maximum absolute atomic E-state index is 5.88. The summed E-state index contributed by atoms with van der Waals surface area (Å²) in [6.07, 6.45) is 4.24. The fourth-order valence-corrected chi connectivity index (χ4v) is 2.60. The third-order valence-electron chi connectivity index (χ3n) is 3.27. The van der Waals surface area contributed by atoms with E-state index in [-0.39, 0.29) is 0 Å². The Bertz CT molecular complexity index is 645. The van der Waals surface area contributed by atoms with Gasteiger partial charge in [-0.3, -0.25) is 0 Å². The minimum Gasteiger partial charge on any atom is -0.313 e. The molecule has 0 aliphatic heterocycles. The Hall–Kier alpha value is -1.58. The van der Waals surface area contributed by atoms with Crippen LogP contribution in [0.15, 0.2) is 40.9 Å². The molecule has 0 amide bonds. The Morgan fingerprint density at radius 3 is 2.55 bits per heavy atom. The van der Waals surface area contributed by atoms with Crippen molar-refractivity contribution in [2.45, 2.75) is 13.8 Å². The van der Waals surface area contributed by atoms with E-state index in [2.05, 4.69) is 60.1 Å². The first-order valence-corrected chi connectivity index (χ1v) is 7.30. The molecule has 0 aromatic heterocycles. The first-order chi connectivity index (χ1) is 9.49. The third kappa shape index (κ3) is 3.30. The van der Waals surface area contributed by atoms with E-state index in [0.29, 0.717) is 0 Å². The molecule has 2 rings (SSSR count). The molecule has 0 fully saturated rings. The molecular formula is C17H19BrN2. The number of hydrogen-bond donors (Lipinski definition) is 1. The van der Waals surface area contributed by atoms with Crippen LogP contribution in [0.25, 0.3) is 12.2 Å². The third-order valence-corrected chi connectivity index (χ3v) is 3.97. The maximum atomic E-state index is 5.88. The molecule has 0 unspecified atom stereocenters. The topological polar surface area (TPSA) is 29.3 Å². The van der Waals surface area contributed by atoms with Gasteiger partial charge in [-0.2, -0.15) is 0 Å². The van der Waals surface area contributed by atoms with Crippen LogP contribution >= 0.6 is 15.9 Å². The smallest absolute Gasteiger partial charge is 0.0597 e. The quantitative estimate of drug-likeness (QED) is 0.508. The van der Waals surface area contributed by atoms with E-state index >= 15 is 0 Å². The van der Waals surface area contributed by atoms with Gasteiger partial charge in [-0.05, 0) is 37.1 Å². The molecule has 0 saturated carbocycles. The Kier molecular flexibility index (Phi) is 4.63. The summed E-state index contributed by atoms with van der Waals surface area (Å²) in [6.45, 7) is 4.23. The number of rotatable bonds is 3. The van der Waals surface area contributed by atoms with Gasteiger partial charge >= 0.3 is 0 Å². The number of benzene rings is 2. The standard InChI is InChI=1S/C17H19BrN2/c1-12-7-8-13(2)14(11-12)9-10-15-16(18)5-4-6-17(15)20(3)19/h4-11H,19H2,1-3H3/b10-9+. The summed E-state index contributed by atoms with van der Waals surface area (Å²) in [5, 5.41) is 1.63. The molecule has 0 radical (unpaired) electrons. The molecule has 2 aromatic rings. The van der Waals surface area contributed by atoms with E-state index in [9.17, 15) is 0 Å². The summed E-state index contributed by atoms with van der Waals surface area (Å²) in [5.74, 6) is 5.88. The molecule has 20 heavy (non-hydrogen) atoms. The molecule has 2 aromatic carbocycles. The van der Waals surface area contributed by atoms with Crippen LogP contribution in [0, 0.1) is 13.8 Å². The van der Waals surface area contributed by atoms with Crippen molar-refractivity contribution < 1.29 is 0 Å². The van der Waals surface area contributed by atoms with E-state index < -0.39 is 0 Å². The lowest BCUT2D eigenvalue weighted by atomic mass is 10.0. The van der Waals surface area contributed by atoms with E-state index in [1.165, 1.54) is 16.7 Å². The van der Waals surface area contributed by atoms with Crippen LogP contribution in [-0.4, -0.2) is 7.05 Å². The van der Waals surface area contributed by atoms with Gasteiger partial charge in [-0.1, -0.05) is 57.9 Å². The lowest BCUT2D eigenvalue weighted by Crippen LogP contribution is -2.25. The van der Waals surface area contributed by atoms with Crippen LogP contribution < -0.4 is 10.9 Å². The number of nitrogens with two attached hydrogens (primary N) is 1. The molecule has 104 valence electrons.